The average Bonchev–Trinajstić information content (AvgIpc) is 3.04. The molecule has 4 aliphatic carbocycles. The van der Waals surface area contributed by atoms with E-state index in [1.165, 1.54) is 44.9 Å². The molecule has 2 nitrogen and oxygen atoms in total. The zero-order valence-corrected chi connectivity index (χ0v) is 19.1. The Morgan fingerprint density at radius 2 is 1.69 bits per heavy atom. The van der Waals surface area contributed by atoms with Crippen LogP contribution in [0.25, 0.3) is 0 Å². The summed E-state index contributed by atoms with van der Waals surface area (Å²) in [5, 5.41) is 11.6. The van der Waals surface area contributed by atoms with E-state index in [-0.39, 0.29) is 0 Å². The Morgan fingerprint density at radius 1 is 0.931 bits per heavy atom. The number of hydrogen-bond acceptors (Lipinski definition) is 2. The Hall–Kier alpha value is -0.720. The number of hydrogen-bond donors (Lipinski definition) is 1. The SMILES string of the molecule is C[C@@]1(O)CC[C@H]2[C@H](CC[C@@H]3[C@@H]2CC[C@]2(C)[C@@H](C[P+](=O)c4ccccc4)CC[C@@H]32)C1. The van der Waals surface area contributed by atoms with Crippen molar-refractivity contribution in [2.24, 2.45) is 40.9 Å². The molecule has 4 saturated carbocycles. The minimum Gasteiger partial charge on any atom is -0.390 e. The van der Waals surface area contributed by atoms with Gasteiger partial charge in [0.25, 0.3) is 0 Å². The highest BCUT2D eigenvalue weighted by Crippen LogP contribution is 2.65. The second-order valence-electron chi connectivity index (χ2n) is 11.4. The summed E-state index contributed by atoms with van der Waals surface area (Å²) in [4.78, 5) is 0. The van der Waals surface area contributed by atoms with E-state index in [1.54, 1.807) is 0 Å². The fourth-order valence-corrected chi connectivity index (χ4v) is 10.1. The average molecular weight is 414 g/mol. The molecule has 3 heteroatoms. The summed E-state index contributed by atoms with van der Waals surface area (Å²) in [7, 11) is -1.27. The summed E-state index contributed by atoms with van der Waals surface area (Å²) >= 11 is 0. The fraction of sp³-hybridized carbons (Fsp3) is 0.769. The van der Waals surface area contributed by atoms with Gasteiger partial charge in [-0.25, -0.2) is 0 Å². The lowest BCUT2D eigenvalue weighted by Gasteiger charge is -2.56. The minimum absolute atomic E-state index is 0.397. The van der Waals surface area contributed by atoms with Gasteiger partial charge in [-0.3, -0.25) is 0 Å². The van der Waals surface area contributed by atoms with Crippen molar-refractivity contribution in [3.63, 3.8) is 0 Å². The lowest BCUT2D eigenvalue weighted by Crippen LogP contribution is -2.50. The fourth-order valence-electron chi connectivity index (χ4n) is 8.39. The van der Waals surface area contributed by atoms with Gasteiger partial charge >= 0.3 is 7.80 Å². The molecule has 0 aromatic heterocycles. The molecule has 1 aromatic rings. The van der Waals surface area contributed by atoms with E-state index in [0.29, 0.717) is 11.3 Å². The van der Waals surface area contributed by atoms with Crippen LogP contribution in [-0.2, 0) is 4.57 Å². The van der Waals surface area contributed by atoms with Crippen LogP contribution in [0.3, 0.4) is 0 Å². The Labute approximate surface area is 177 Å². The van der Waals surface area contributed by atoms with Crippen molar-refractivity contribution in [2.45, 2.75) is 77.2 Å². The van der Waals surface area contributed by atoms with Crippen molar-refractivity contribution in [2.75, 3.05) is 6.16 Å². The van der Waals surface area contributed by atoms with Crippen LogP contribution in [0.4, 0.5) is 0 Å². The van der Waals surface area contributed by atoms with E-state index < -0.39 is 13.4 Å². The van der Waals surface area contributed by atoms with Gasteiger partial charge in [-0.2, -0.15) is 0 Å². The van der Waals surface area contributed by atoms with Crippen LogP contribution in [0, 0.1) is 40.9 Å². The topological polar surface area (TPSA) is 37.3 Å². The van der Waals surface area contributed by atoms with Crippen LogP contribution in [-0.4, -0.2) is 16.9 Å². The maximum absolute atomic E-state index is 13.1. The zero-order chi connectivity index (χ0) is 20.2. The van der Waals surface area contributed by atoms with Gasteiger partial charge in [0.15, 0.2) is 11.5 Å². The molecule has 0 radical (unpaired) electrons. The minimum atomic E-state index is -1.27. The van der Waals surface area contributed by atoms with Crippen LogP contribution in [0.1, 0.15) is 71.6 Å². The Kier molecular flexibility index (Phi) is 5.19. The van der Waals surface area contributed by atoms with Gasteiger partial charge in [0, 0.05) is 5.92 Å². The van der Waals surface area contributed by atoms with Crippen molar-refractivity contribution >= 4 is 13.1 Å². The molecule has 1 N–H and O–H groups in total. The summed E-state index contributed by atoms with van der Waals surface area (Å²) in [5.41, 5.74) is -0.0215. The molecule has 0 aliphatic heterocycles. The molecule has 0 bridgehead atoms. The Morgan fingerprint density at radius 3 is 2.48 bits per heavy atom. The van der Waals surface area contributed by atoms with Crippen molar-refractivity contribution in [1.82, 2.24) is 0 Å². The first-order valence-electron chi connectivity index (χ1n) is 12.1. The van der Waals surface area contributed by atoms with Crippen LogP contribution >= 0.6 is 7.80 Å². The molecular formula is C26H38O2P+. The van der Waals surface area contributed by atoms with Gasteiger partial charge < -0.3 is 5.11 Å². The summed E-state index contributed by atoms with van der Waals surface area (Å²) in [6, 6.07) is 10.1. The number of rotatable bonds is 3. The molecule has 29 heavy (non-hydrogen) atoms. The van der Waals surface area contributed by atoms with Gasteiger partial charge in [-0.15, -0.1) is 0 Å². The molecule has 4 aliphatic rings. The van der Waals surface area contributed by atoms with E-state index in [1.807, 2.05) is 30.3 Å². The maximum Gasteiger partial charge on any atom is 0.377 e. The molecule has 9 atom stereocenters. The quantitative estimate of drug-likeness (QED) is 0.603. The van der Waals surface area contributed by atoms with E-state index in [0.717, 1.165) is 53.9 Å². The van der Waals surface area contributed by atoms with E-state index in [2.05, 4.69) is 13.8 Å². The molecule has 4 fully saturated rings. The monoisotopic (exact) mass is 413 g/mol. The summed E-state index contributed by atoms with van der Waals surface area (Å²) in [5.74, 6) is 4.87. The first-order valence-corrected chi connectivity index (χ1v) is 13.5. The lowest BCUT2D eigenvalue weighted by molar-refractivity contribution is -0.0984. The second kappa shape index (κ2) is 7.45. The zero-order valence-electron chi connectivity index (χ0n) is 18.2. The number of fused-ring (bicyclic) bond motifs is 5. The third kappa shape index (κ3) is 3.53. The lowest BCUT2D eigenvalue weighted by atomic mass is 9.49. The molecule has 1 aromatic carbocycles. The van der Waals surface area contributed by atoms with Crippen molar-refractivity contribution in [3.05, 3.63) is 30.3 Å². The molecule has 1 unspecified atom stereocenters. The first-order chi connectivity index (χ1) is 13.9. The van der Waals surface area contributed by atoms with Gasteiger partial charge in [0.2, 0.25) is 0 Å². The van der Waals surface area contributed by atoms with E-state index in [4.69, 9.17) is 0 Å². The van der Waals surface area contributed by atoms with E-state index in [9.17, 15) is 9.67 Å². The van der Waals surface area contributed by atoms with Crippen LogP contribution in [0.2, 0.25) is 0 Å². The third-order valence-electron chi connectivity index (χ3n) is 9.86. The predicted molar refractivity (Wildman–Crippen MR) is 120 cm³/mol. The highest BCUT2D eigenvalue weighted by atomic mass is 31.1. The van der Waals surface area contributed by atoms with Crippen LogP contribution < -0.4 is 5.30 Å². The molecule has 5 rings (SSSR count). The predicted octanol–water partition coefficient (Wildman–Crippen LogP) is 6.16. The summed E-state index contributed by atoms with van der Waals surface area (Å²) in [6.45, 7) is 4.61. The maximum atomic E-state index is 13.1. The molecule has 0 saturated heterocycles. The summed E-state index contributed by atoms with van der Waals surface area (Å²) < 4.78 is 13.1. The molecule has 0 amide bonds. The summed E-state index contributed by atoms with van der Waals surface area (Å²) in [6.07, 6.45) is 12.2. The van der Waals surface area contributed by atoms with Gasteiger partial charge in [-0.1, -0.05) is 29.7 Å². The second-order valence-corrected chi connectivity index (χ2v) is 13.0. The molecule has 158 valence electrons. The van der Waals surface area contributed by atoms with Gasteiger partial charge in [-0.05, 0) is 112 Å². The Bertz CT molecular complexity index is 759. The van der Waals surface area contributed by atoms with Crippen molar-refractivity contribution in [1.29, 1.82) is 0 Å². The van der Waals surface area contributed by atoms with Crippen molar-refractivity contribution in [3.8, 4) is 0 Å². The van der Waals surface area contributed by atoms with Crippen molar-refractivity contribution < 1.29 is 9.67 Å². The third-order valence-corrected chi connectivity index (χ3v) is 11.5. The van der Waals surface area contributed by atoms with Crippen LogP contribution in [0.15, 0.2) is 30.3 Å². The largest absolute Gasteiger partial charge is 0.390 e. The van der Waals surface area contributed by atoms with Gasteiger partial charge in [0.05, 0.1) is 5.60 Å². The normalized spacial score (nSPS) is 47.1. The molecule has 0 spiro atoms. The first kappa shape index (κ1) is 20.2. The molecular weight excluding hydrogens is 375 g/mol. The molecule has 0 heterocycles. The van der Waals surface area contributed by atoms with Gasteiger partial charge in [0.1, 0.15) is 0 Å². The van der Waals surface area contributed by atoms with Crippen LogP contribution in [0.5, 0.6) is 0 Å². The van der Waals surface area contributed by atoms with E-state index >= 15 is 0 Å². The standard InChI is InChI=1S/C26H38O2P/c1-25(27)14-12-21-18(16-25)8-10-23-22(21)13-15-26(2)19(9-11-24(23)26)17-29(28)20-6-4-3-5-7-20/h3-7,18-19,21-24,27H,8-17H2,1-2H3/q+1/t18-,19-,21+,22-,23-,24+,25-,26-/m1/s1. The highest BCUT2D eigenvalue weighted by molar-refractivity contribution is 7.53. The Balaban J connectivity index is 1.30. The smallest absolute Gasteiger partial charge is 0.377 e. The highest BCUT2D eigenvalue weighted by Gasteiger charge is 2.58. The number of benzene rings is 1. The number of aliphatic hydroxyl groups is 1.